The average Bonchev–Trinajstić information content (AvgIpc) is 2.75. The molecule has 1 unspecified atom stereocenters. The predicted octanol–water partition coefficient (Wildman–Crippen LogP) is 0.757. The van der Waals surface area contributed by atoms with Crippen molar-refractivity contribution in [2.24, 2.45) is 0 Å². The van der Waals surface area contributed by atoms with Gasteiger partial charge in [0.25, 0.3) is 0 Å². The lowest BCUT2D eigenvalue weighted by Crippen LogP contribution is -2.52. The Balaban J connectivity index is 2.58. The Morgan fingerprint density at radius 2 is 2.00 bits per heavy atom. The molecular formula is C13H22N2O4. The summed E-state index contributed by atoms with van der Waals surface area (Å²) in [6, 6.07) is -0.415. The van der Waals surface area contributed by atoms with Crippen LogP contribution in [0.5, 0.6) is 0 Å². The lowest BCUT2D eigenvalue weighted by atomic mass is 9.97. The molecule has 1 fully saturated rings. The van der Waals surface area contributed by atoms with E-state index in [1.54, 1.807) is 18.7 Å². The van der Waals surface area contributed by atoms with Gasteiger partial charge in [-0.05, 0) is 33.1 Å². The van der Waals surface area contributed by atoms with E-state index in [4.69, 9.17) is 5.11 Å². The molecule has 1 saturated heterocycles. The molecule has 2 N–H and O–H groups in total. The molecule has 1 rings (SSSR count). The van der Waals surface area contributed by atoms with Crippen molar-refractivity contribution < 1.29 is 19.5 Å². The van der Waals surface area contributed by atoms with Crippen LogP contribution in [0.2, 0.25) is 0 Å². The van der Waals surface area contributed by atoms with Crippen LogP contribution in [0.1, 0.15) is 46.5 Å². The van der Waals surface area contributed by atoms with Gasteiger partial charge in [0.2, 0.25) is 11.8 Å². The Labute approximate surface area is 113 Å². The first-order valence-corrected chi connectivity index (χ1v) is 6.54. The van der Waals surface area contributed by atoms with Gasteiger partial charge in [-0.3, -0.25) is 14.4 Å². The largest absolute Gasteiger partial charge is 0.481 e. The molecule has 0 aromatic rings. The van der Waals surface area contributed by atoms with E-state index in [-0.39, 0.29) is 18.2 Å². The Bertz CT molecular complexity index is 379. The number of carboxylic acid groups (broad SMARTS) is 1. The second kappa shape index (κ2) is 6.04. The van der Waals surface area contributed by atoms with Crippen molar-refractivity contribution in [1.82, 2.24) is 10.2 Å². The number of carbonyl (C=O) groups excluding carboxylic acids is 2. The monoisotopic (exact) mass is 270 g/mol. The summed E-state index contributed by atoms with van der Waals surface area (Å²) in [6.07, 6.45) is 1.86. The highest BCUT2D eigenvalue weighted by molar-refractivity contribution is 5.87. The predicted molar refractivity (Wildman–Crippen MR) is 69.5 cm³/mol. The van der Waals surface area contributed by atoms with Gasteiger partial charge in [-0.25, -0.2) is 0 Å². The molecule has 1 heterocycles. The average molecular weight is 270 g/mol. The number of carbonyl (C=O) groups is 3. The summed E-state index contributed by atoms with van der Waals surface area (Å²) in [6.45, 7) is 5.66. The van der Waals surface area contributed by atoms with Crippen LogP contribution < -0.4 is 5.32 Å². The second-order valence-electron chi connectivity index (χ2n) is 5.64. The Morgan fingerprint density at radius 1 is 1.37 bits per heavy atom. The highest BCUT2D eigenvalue weighted by Crippen LogP contribution is 2.19. The van der Waals surface area contributed by atoms with Gasteiger partial charge < -0.3 is 15.3 Å². The number of aliphatic carboxylic acids is 1. The number of rotatable bonds is 5. The van der Waals surface area contributed by atoms with E-state index in [1.807, 2.05) is 0 Å². The van der Waals surface area contributed by atoms with E-state index < -0.39 is 17.6 Å². The SMILES string of the molecule is CC(=O)N1CCCC1C(=O)NC(C)(C)CCC(=O)O. The fourth-order valence-electron chi connectivity index (χ4n) is 2.31. The number of carboxylic acids is 1. The molecule has 0 spiro atoms. The zero-order valence-corrected chi connectivity index (χ0v) is 11.7. The van der Waals surface area contributed by atoms with Crippen LogP contribution in [-0.4, -0.2) is 45.9 Å². The molecular weight excluding hydrogens is 248 g/mol. The van der Waals surface area contributed by atoms with Gasteiger partial charge in [0.15, 0.2) is 0 Å². The lowest BCUT2D eigenvalue weighted by Gasteiger charge is -2.30. The van der Waals surface area contributed by atoms with Gasteiger partial charge in [0.1, 0.15) is 6.04 Å². The topological polar surface area (TPSA) is 86.7 Å². The molecule has 108 valence electrons. The maximum atomic E-state index is 12.2. The minimum absolute atomic E-state index is 0.00830. The van der Waals surface area contributed by atoms with Crippen molar-refractivity contribution in [3.8, 4) is 0 Å². The maximum Gasteiger partial charge on any atom is 0.303 e. The third-order valence-electron chi connectivity index (χ3n) is 3.39. The fourth-order valence-corrected chi connectivity index (χ4v) is 2.31. The van der Waals surface area contributed by atoms with Crippen LogP contribution >= 0.6 is 0 Å². The number of hydrogen-bond acceptors (Lipinski definition) is 3. The normalized spacial score (nSPS) is 19.3. The smallest absolute Gasteiger partial charge is 0.303 e. The molecule has 6 heteroatoms. The summed E-state index contributed by atoms with van der Waals surface area (Å²) in [7, 11) is 0. The van der Waals surface area contributed by atoms with Gasteiger partial charge in [0.05, 0.1) is 0 Å². The van der Waals surface area contributed by atoms with Crippen LogP contribution in [0.25, 0.3) is 0 Å². The third kappa shape index (κ3) is 4.54. The first kappa shape index (κ1) is 15.5. The Kier molecular flexibility index (Phi) is 4.91. The molecule has 0 aliphatic carbocycles. The highest BCUT2D eigenvalue weighted by Gasteiger charge is 2.34. The highest BCUT2D eigenvalue weighted by atomic mass is 16.4. The number of hydrogen-bond donors (Lipinski definition) is 2. The molecule has 6 nitrogen and oxygen atoms in total. The summed E-state index contributed by atoms with van der Waals surface area (Å²) in [5.74, 6) is -1.17. The van der Waals surface area contributed by atoms with Crippen molar-refractivity contribution in [3.63, 3.8) is 0 Å². The number of nitrogens with zero attached hydrogens (tertiary/aromatic N) is 1. The minimum Gasteiger partial charge on any atom is -0.481 e. The van der Waals surface area contributed by atoms with Crippen molar-refractivity contribution in [2.45, 2.75) is 58.0 Å². The molecule has 1 aliphatic heterocycles. The summed E-state index contributed by atoms with van der Waals surface area (Å²) in [4.78, 5) is 35.7. The standard InChI is InChI=1S/C13H22N2O4/c1-9(16)15-8-4-5-10(15)12(19)14-13(2,3)7-6-11(17)18/h10H,4-8H2,1-3H3,(H,14,19)(H,17,18). The fraction of sp³-hybridized carbons (Fsp3) is 0.769. The van der Waals surface area contributed by atoms with Gasteiger partial charge in [-0.2, -0.15) is 0 Å². The Hall–Kier alpha value is -1.59. The second-order valence-corrected chi connectivity index (χ2v) is 5.64. The zero-order valence-electron chi connectivity index (χ0n) is 11.7. The van der Waals surface area contributed by atoms with Crippen molar-refractivity contribution in [2.75, 3.05) is 6.54 Å². The third-order valence-corrected chi connectivity index (χ3v) is 3.39. The molecule has 2 amide bonds. The summed E-state index contributed by atoms with van der Waals surface area (Å²) < 4.78 is 0. The molecule has 1 aliphatic rings. The van der Waals surface area contributed by atoms with Gasteiger partial charge in [-0.15, -0.1) is 0 Å². The van der Waals surface area contributed by atoms with Crippen molar-refractivity contribution >= 4 is 17.8 Å². The van der Waals surface area contributed by atoms with E-state index in [9.17, 15) is 14.4 Å². The van der Waals surface area contributed by atoms with Gasteiger partial charge in [0, 0.05) is 25.4 Å². The van der Waals surface area contributed by atoms with Gasteiger partial charge >= 0.3 is 5.97 Å². The summed E-state index contributed by atoms with van der Waals surface area (Å²) in [5, 5.41) is 11.5. The van der Waals surface area contributed by atoms with Crippen LogP contribution in [0.3, 0.4) is 0 Å². The summed E-state index contributed by atoms with van der Waals surface area (Å²) >= 11 is 0. The number of nitrogens with one attached hydrogen (secondary N) is 1. The van der Waals surface area contributed by atoms with E-state index >= 15 is 0 Å². The zero-order chi connectivity index (χ0) is 14.6. The molecule has 1 atom stereocenters. The molecule has 0 bridgehead atoms. The molecule has 0 radical (unpaired) electrons. The van der Waals surface area contributed by atoms with Crippen LogP contribution in [0.15, 0.2) is 0 Å². The quantitative estimate of drug-likeness (QED) is 0.772. The maximum absolute atomic E-state index is 12.2. The first-order valence-electron chi connectivity index (χ1n) is 6.54. The van der Waals surface area contributed by atoms with Crippen molar-refractivity contribution in [1.29, 1.82) is 0 Å². The van der Waals surface area contributed by atoms with E-state index in [0.29, 0.717) is 19.4 Å². The first-order chi connectivity index (χ1) is 8.73. The lowest BCUT2D eigenvalue weighted by molar-refractivity contribution is -0.138. The summed E-state index contributed by atoms with van der Waals surface area (Å²) in [5.41, 5.74) is -0.583. The molecule has 0 saturated carbocycles. The number of amides is 2. The van der Waals surface area contributed by atoms with Crippen LogP contribution in [0.4, 0.5) is 0 Å². The molecule has 0 aromatic carbocycles. The van der Waals surface area contributed by atoms with Crippen LogP contribution in [0, 0.1) is 0 Å². The molecule has 0 aromatic heterocycles. The Morgan fingerprint density at radius 3 is 2.53 bits per heavy atom. The van der Waals surface area contributed by atoms with Crippen LogP contribution in [-0.2, 0) is 14.4 Å². The van der Waals surface area contributed by atoms with Crippen molar-refractivity contribution in [3.05, 3.63) is 0 Å². The minimum atomic E-state index is -0.881. The van der Waals surface area contributed by atoms with E-state index in [0.717, 1.165) is 6.42 Å². The van der Waals surface area contributed by atoms with E-state index in [2.05, 4.69) is 5.32 Å². The molecule has 19 heavy (non-hydrogen) atoms. The van der Waals surface area contributed by atoms with Gasteiger partial charge in [-0.1, -0.05) is 0 Å². The van der Waals surface area contributed by atoms with E-state index in [1.165, 1.54) is 6.92 Å². The number of likely N-dealkylation sites (tertiary alicyclic amines) is 1.